The highest BCUT2D eigenvalue weighted by Crippen LogP contribution is 2.32. The summed E-state index contributed by atoms with van der Waals surface area (Å²) in [6, 6.07) is 17.6. The Morgan fingerprint density at radius 3 is 2.75 bits per heavy atom. The van der Waals surface area contributed by atoms with Crippen LogP contribution in [0.1, 0.15) is 15.2 Å². The third-order valence-corrected chi connectivity index (χ3v) is 4.76. The van der Waals surface area contributed by atoms with Crippen LogP contribution in [0, 0.1) is 0 Å². The molecule has 0 fully saturated rings. The first-order valence-electron chi connectivity index (χ1n) is 7.61. The molecular weight excluding hydrogens is 322 g/mol. The van der Waals surface area contributed by atoms with E-state index in [-0.39, 0.29) is 12.7 Å². The van der Waals surface area contributed by atoms with E-state index in [0.29, 0.717) is 6.54 Å². The van der Waals surface area contributed by atoms with Crippen molar-refractivity contribution in [3.8, 4) is 22.6 Å². The Labute approximate surface area is 143 Å². The van der Waals surface area contributed by atoms with Gasteiger partial charge in [0.1, 0.15) is 0 Å². The largest absolute Gasteiger partial charge is 0.454 e. The van der Waals surface area contributed by atoms with Crippen LogP contribution in [0.25, 0.3) is 11.1 Å². The van der Waals surface area contributed by atoms with Crippen LogP contribution in [0.4, 0.5) is 0 Å². The van der Waals surface area contributed by atoms with E-state index in [4.69, 9.17) is 9.47 Å². The Balaban J connectivity index is 1.49. The van der Waals surface area contributed by atoms with Gasteiger partial charge >= 0.3 is 0 Å². The fourth-order valence-corrected chi connectivity index (χ4v) is 3.48. The second-order valence-electron chi connectivity index (χ2n) is 5.40. The Hall–Kier alpha value is -2.79. The summed E-state index contributed by atoms with van der Waals surface area (Å²) < 4.78 is 10.7. The number of carbonyl (C=O) groups excluding carboxylic acids is 1. The maximum absolute atomic E-state index is 12.6. The lowest BCUT2D eigenvalue weighted by Gasteiger charge is -2.07. The molecule has 0 spiro atoms. The molecule has 0 radical (unpaired) electrons. The van der Waals surface area contributed by atoms with Crippen LogP contribution in [0.3, 0.4) is 0 Å². The minimum atomic E-state index is -0.0680. The van der Waals surface area contributed by atoms with Gasteiger partial charge in [0.2, 0.25) is 6.79 Å². The lowest BCUT2D eigenvalue weighted by molar-refractivity contribution is 0.0955. The third kappa shape index (κ3) is 2.86. The standard InChI is InChI=1S/C19H15NO3S/c21-19(18-15(8-9-24-18)14-4-2-1-3-5-14)20-11-13-6-7-16-17(10-13)23-12-22-16/h1-10H,11-12H2,(H,20,21). The van der Waals surface area contributed by atoms with E-state index in [9.17, 15) is 4.79 Å². The van der Waals surface area contributed by atoms with E-state index in [2.05, 4.69) is 5.32 Å². The predicted molar refractivity (Wildman–Crippen MR) is 93.5 cm³/mol. The molecule has 3 aromatic rings. The van der Waals surface area contributed by atoms with E-state index < -0.39 is 0 Å². The van der Waals surface area contributed by atoms with E-state index in [1.807, 2.05) is 60.0 Å². The number of hydrogen-bond donors (Lipinski definition) is 1. The summed E-state index contributed by atoms with van der Waals surface area (Å²) in [5, 5.41) is 4.92. The highest BCUT2D eigenvalue weighted by molar-refractivity contribution is 7.12. The van der Waals surface area contributed by atoms with Gasteiger partial charge < -0.3 is 14.8 Å². The van der Waals surface area contributed by atoms with Gasteiger partial charge in [-0.05, 0) is 34.7 Å². The summed E-state index contributed by atoms with van der Waals surface area (Å²) >= 11 is 1.45. The normalized spacial score (nSPS) is 12.2. The van der Waals surface area contributed by atoms with Crippen molar-refractivity contribution in [2.45, 2.75) is 6.54 Å². The number of rotatable bonds is 4. The second-order valence-corrected chi connectivity index (χ2v) is 6.32. The quantitative estimate of drug-likeness (QED) is 0.780. The van der Waals surface area contributed by atoms with Gasteiger partial charge in [0.25, 0.3) is 5.91 Å². The molecule has 120 valence electrons. The summed E-state index contributed by atoms with van der Waals surface area (Å²) in [5.41, 5.74) is 2.99. The van der Waals surface area contributed by atoms with Crippen molar-refractivity contribution in [3.05, 3.63) is 70.4 Å². The number of ether oxygens (including phenoxy) is 2. The zero-order valence-electron chi connectivity index (χ0n) is 12.8. The molecule has 24 heavy (non-hydrogen) atoms. The van der Waals surface area contributed by atoms with Crippen molar-refractivity contribution >= 4 is 17.2 Å². The van der Waals surface area contributed by atoms with Gasteiger partial charge in [-0.25, -0.2) is 0 Å². The summed E-state index contributed by atoms with van der Waals surface area (Å²) in [4.78, 5) is 13.3. The van der Waals surface area contributed by atoms with Gasteiger partial charge in [-0.1, -0.05) is 36.4 Å². The van der Waals surface area contributed by atoms with Gasteiger partial charge in [-0.3, -0.25) is 4.79 Å². The number of benzene rings is 2. The molecule has 0 unspecified atom stereocenters. The molecule has 0 saturated heterocycles. The van der Waals surface area contributed by atoms with Crippen LogP contribution in [0.2, 0.25) is 0 Å². The number of hydrogen-bond acceptors (Lipinski definition) is 4. The molecule has 0 aliphatic carbocycles. The van der Waals surface area contributed by atoms with E-state index in [0.717, 1.165) is 33.1 Å². The van der Waals surface area contributed by atoms with Gasteiger partial charge in [0, 0.05) is 12.1 Å². The van der Waals surface area contributed by atoms with Gasteiger partial charge in [0.15, 0.2) is 11.5 Å². The van der Waals surface area contributed by atoms with Crippen LogP contribution in [0.15, 0.2) is 60.0 Å². The Kier molecular flexibility index (Phi) is 3.92. The highest BCUT2D eigenvalue weighted by atomic mass is 32.1. The minimum Gasteiger partial charge on any atom is -0.454 e. The average molecular weight is 337 g/mol. The Bertz CT molecular complexity index is 873. The molecule has 1 amide bonds. The van der Waals surface area contributed by atoms with Crippen molar-refractivity contribution in [3.63, 3.8) is 0 Å². The first-order valence-corrected chi connectivity index (χ1v) is 8.49. The molecule has 1 aliphatic heterocycles. The number of nitrogens with one attached hydrogen (secondary N) is 1. The maximum Gasteiger partial charge on any atom is 0.262 e. The fraction of sp³-hybridized carbons (Fsp3) is 0.105. The lowest BCUT2D eigenvalue weighted by Crippen LogP contribution is -2.22. The van der Waals surface area contributed by atoms with Crippen LogP contribution in [0.5, 0.6) is 11.5 Å². The summed E-state index contributed by atoms with van der Waals surface area (Å²) in [7, 11) is 0. The van der Waals surface area contributed by atoms with E-state index in [1.54, 1.807) is 0 Å². The molecule has 0 bridgehead atoms. The van der Waals surface area contributed by atoms with Gasteiger partial charge in [-0.15, -0.1) is 11.3 Å². The third-order valence-electron chi connectivity index (χ3n) is 3.85. The number of amides is 1. The first-order chi connectivity index (χ1) is 11.8. The molecule has 4 rings (SSSR count). The zero-order valence-corrected chi connectivity index (χ0v) is 13.6. The molecule has 1 aromatic heterocycles. The second kappa shape index (κ2) is 6.37. The van der Waals surface area contributed by atoms with Gasteiger partial charge in [-0.2, -0.15) is 0 Å². The molecule has 1 aliphatic rings. The first kappa shape index (κ1) is 14.8. The molecule has 2 aromatic carbocycles. The molecular formula is C19H15NO3S. The van der Waals surface area contributed by atoms with Crippen molar-refractivity contribution in [1.29, 1.82) is 0 Å². The average Bonchev–Trinajstić information content (AvgIpc) is 3.29. The summed E-state index contributed by atoms with van der Waals surface area (Å²) in [5.74, 6) is 1.40. The molecule has 2 heterocycles. The zero-order chi connectivity index (χ0) is 16.4. The monoisotopic (exact) mass is 337 g/mol. The number of thiophene rings is 1. The number of fused-ring (bicyclic) bond motifs is 1. The summed E-state index contributed by atoms with van der Waals surface area (Å²) in [6.45, 7) is 0.697. The van der Waals surface area contributed by atoms with Crippen molar-refractivity contribution < 1.29 is 14.3 Å². The molecule has 0 atom stereocenters. The molecule has 5 heteroatoms. The molecule has 4 nitrogen and oxygen atoms in total. The lowest BCUT2D eigenvalue weighted by atomic mass is 10.1. The maximum atomic E-state index is 12.6. The van der Waals surface area contributed by atoms with Crippen LogP contribution in [-0.2, 0) is 6.54 Å². The van der Waals surface area contributed by atoms with Crippen LogP contribution >= 0.6 is 11.3 Å². The SMILES string of the molecule is O=C(NCc1ccc2c(c1)OCO2)c1sccc1-c1ccccc1. The van der Waals surface area contributed by atoms with Crippen LogP contribution < -0.4 is 14.8 Å². The Morgan fingerprint density at radius 1 is 1.04 bits per heavy atom. The van der Waals surface area contributed by atoms with E-state index >= 15 is 0 Å². The molecule has 0 saturated carbocycles. The Morgan fingerprint density at radius 2 is 1.88 bits per heavy atom. The van der Waals surface area contributed by atoms with Crippen molar-refractivity contribution in [2.24, 2.45) is 0 Å². The molecule has 1 N–H and O–H groups in total. The fourth-order valence-electron chi connectivity index (χ4n) is 2.64. The van der Waals surface area contributed by atoms with Crippen molar-refractivity contribution in [2.75, 3.05) is 6.79 Å². The topological polar surface area (TPSA) is 47.6 Å². The smallest absolute Gasteiger partial charge is 0.262 e. The van der Waals surface area contributed by atoms with Crippen LogP contribution in [-0.4, -0.2) is 12.7 Å². The predicted octanol–water partition coefficient (Wildman–Crippen LogP) is 4.07. The highest BCUT2D eigenvalue weighted by Gasteiger charge is 2.16. The van der Waals surface area contributed by atoms with E-state index in [1.165, 1.54) is 11.3 Å². The minimum absolute atomic E-state index is 0.0680. The van der Waals surface area contributed by atoms with Crippen molar-refractivity contribution in [1.82, 2.24) is 5.32 Å². The van der Waals surface area contributed by atoms with Gasteiger partial charge in [0.05, 0.1) is 4.88 Å². The number of carbonyl (C=O) groups is 1. The summed E-state index contributed by atoms with van der Waals surface area (Å²) in [6.07, 6.45) is 0.